The van der Waals surface area contributed by atoms with Crippen molar-refractivity contribution in [2.75, 3.05) is 7.11 Å². The Hall–Kier alpha value is -3.14. The lowest BCUT2D eigenvalue weighted by molar-refractivity contribution is -0.136. The molecule has 0 heterocycles. The quantitative estimate of drug-likeness (QED) is 0.728. The van der Waals surface area contributed by atoms with Gasteiger partial charge in [0, 0.05) is 11.1 Å². The topological polar surface area (TPSA) is 63.6 Å². The molecule has 0 aliphatic heterocycles. The number of ketones is 1. The van der Waals surface area contributed by atoms with E-state index in [1.54, 1.807) is 43.5 Å². The van der Waals surface area contributed by atoms with Gasteiger partial charge in [-0.25, -0.2) is 0 Å². The number of hydrogen-bond acceptors (Lipinski definition) is 3. The third-order valence-corrected chi connectivity index (χ3v) is 3.92. The van der Waals surface area contributed by atoms with Crippen LogP contribution >= 0.6 is 0 Å². The van der Waals surface area contributed by atoms with E-state index in [4.69, 9.17) is 4.74 Å². The summed E-state index contributed by atoms with van der Waals surface area (Å²) < 4.78 is 5.26. The Kier molecular flexibility index (Phi) is 4.29. The number of ether oxygens (including phenoxy) is 1. The van der Waals surface area contributed by atoms with Gasteiger partial charge in [0.1, 0.15) is 5.75 Å². The third kappa shape index (κ3) is 2.99. The van der Waals surface area contributed by atoms with Crippen LogP contribution in [-0.2, 0) is 11.2 Å². The Labute approximate surface area is 139 Å². The van der Waals surface area contributed by atoms with Crippen molar-refractivity contribution in [3.63, 3.8) is 0 Å². The maximum absolute atomic E-state index is 13.0. The summed E-state index contributed by atoms with van der Waals surface area (Å²) in [5.41, 5.74) is 1.44. The molecule has 0 aromatic heterocycles. The van der Waals surface area contributed by atoms with Gasteiger partial charge in [0.2, 0.25) is 0 Å². The average Bonchev–Trinajstić information content (AvgIpc) is 2.60. The van der Waals surface area contributed by atoms with Crippen molar-refractivity contribution in [3.05, 3.63) is 77.4 Å². The van der Waals surface area contributed by atoms with Crippen LogP contribution in [-0.4, -0.2) is 24.0 Å². The number of fused-ring (bicyclic) bond motifs is 1. The summed E-state index contributed by atoms with van der Waals surface area (Å²) in [5, 5.41) is 10.7. The molecule has 0 aliphatic rings. The first-order valence-corrected chi connectivity index (χ1v) is 7.51. The molecule has 0 aliphatic carbocycles. The Bertz CT molecular complexity index is 914. The van der Waals surface area contributed by atoms with Gasteiger partial charge in [-0.15, -0.1) is 0 Å². The fourth-order valence-electron chi connectivity index (χ4n) is 2.78. The van der Waals surface area contributed by atoms with Gasteiger partial charge < -0.3 is 9.84 Å². The van der Waals surface area contributed by atoms with Crippen LogP contribution in [0.4, 0.5) is 0 Å². The zero-order valence-electron chi connectivity index (χ0n) is 13.2. The highest BCUT2D eigenvalue weighted by Gasteiger charge is 2.19. The Morgan fingerprint density at radius 3 is 2.38 bits per heavy atom. The van der Waals surface area contributed by atoms with E-state index in [9.17, 15) is 14.7 Å². The molecular formula is C20H16O4. The second kappa shape index (κ2) is 6.54. The zero-order chi connectivity index (χ0) is 17.1. The van der Waals surface area contributed by atoms with Crippen molar-refractivity contribution in [3.8, 4) is 5.75 Å². The van der Waals surface area contributed by atoms with E-state index in [1.165, 1.54) is 0 Å². The predicted molar refractivity (Wildman–Crippen MR) is 91.7 cm³/mol. The van der Waals surface area contributed by atoms with E-state index in [-0.39, 0.29) is 12.2 Å². The molecule has 24 heavy (non-hydrogen) atoms. The molecule has 0 saturated carbocycles. The Morgan fingerprint density at radius 1 is 1.00 bits per heavy atom. The molecule has 0 amide bonds. The van der Waals surface area contributed by atoms with Gasteiger partial charge in [-0.2, -0.15) is 0 Å². The van der Waals surface area contributed by atoms with Gasteiger partial charge in [-0.1, -0.05) is 48.5 Å². The van der Waals surface area contributed by atoms with Crippen molar-refractivity contribution in [1.29, 1.82) is 0 Å². The number of benzene rings is 3. The molecule has 4 heteroatoms. The number of carboxylic acid groups (broad SMARTS) is 1. The summed E-state index contributed by atoms with van der Waals surface area (Å²) in [7, 11) is 1.56. The molecule has 0 spiro atoms. The van der Waals surface area contributed by atoms with Crippen molar-refractivity contribution in [2.45, 2.75) is 6.42 Å². The van der Waals surface area contributed by atoms with E-state index < -0.39 is 5.97 Å². The molecule has 3 aromatic carbocycles. The van der Waals surface area contributed by atoms with Crippen LogP contribution in [0.5, 0.6) is 5.75 Å². The molecule has 0 unspecified atom stereocenters. The maximum Gasteiger partial charge on any atom is 0.307 e. The Morgan fingerprint density at radius 2 is 1.71 bits per heavy atom. The largest absolute Gasteiger partial charge is 0.497 e. The number of methoxy groups -OCH3 is 1. The lowest BCUT2D eigenvalue weighted by Gasteiger charge is -2.12. The van der Waals surface area contributed by atoms with E-state index in [0.29, 0.717) is 27.8 Å². The molecule has 0 fully saturated rings. The molecule has 0 atom stereocenters. The normalized spacial score (nSPS) is 10.5. The van der Waals surface area contributed by atoms with Gasteiger partial charge >= 0.3 is 5.97 Å². The van der Waals surface area contributed by atoms with Gasteiger partial charge in [-0.3, -0.25) is 9.59 Å². The zero-order valence-corrected chi connectivity index (χ0v) is 13.2. The fraction of sp³-hybridized carbons (Fsp3) is 0.100. The third-order valence-electron chi connectivity index (χ3n) is 3.92. The van der Waals surface area contributed by atoms with Crippen LogP contribution in [0.1, 0.15) is 21.5 Å². The van der Waals surface area contributed by atoms with Crippen LogP contribution in [0.3, 0.4) is 0 Å². The van der Waals surface area contributed by atoms with Gasteiger partial charge in [0.25, 0.3) is 0 Å². The van der Waals surface area contributed by atoms with Crippen LogP contribution in [0, 0.1) is 0 Å². The number of carboxylic acids is 1. The molecule has 0 bridgehead atoms. The molecule has 1 N–H and O–H groups in total. The maximum atomic E-state index is 13.0. The monoisotopic (exact) mass is 320 g/mol. The predicted octanol–water partition coefficient (Wildman–Crippen LogP) is 3.71. The second-order valence-corrected chi connectivity index (χ2v) is 5.45. The first kappa shape index (κ1) is 15.7. The first-order valence-electron chi connectivity index (χ1n) is 7.51. The highest BCUT2D eigenvalue weighted by atomic mass is 16.5. The second-order valence-electron chi connectivity index (χ2n) is 5.45. The number of carbonyl (C=O) groups is 2. The van der Waals surface area contributed by atoms with E-state index in [1.807, 2.05) is 24.3 Å². The van der Waals surface area contributed by atoms with E-state index in [0.717, 1.165) is 5.39 Å². The summed E-state index contributed by atoms with van der Waals surface area (Å²) in [5.74, 6) is -0.540. The smallest absolute Gasteiger partial charge is 0.307 e. The molecule has 3 aromatic rings. The number of hydrogen-bond donors (Lipinski definition) is 1. The lowest BCUT2D eigenvalue weighted by atomic mass is 9.91. The standard InChI is InChI=1S/C20H16O4/c1-24-16-10-9-13-7-8-15(11-18(21)22)19(17(13)12-16)20(23)14-5-3-2-4-6-14/h2-10,12H,11H2,1H3,(H,21,22). The van der Waals surface area contributed by atoms with Crippen LogP contribution in [0.2, 0.25) is 0 Å². The van der Waals surface area contributed by atoms with Crippen LogP contribution in [0.25, 0.3) is 10.8 Å². The first-order chi connectivity index (χ1) is 11.6. The summed E-state index contributed by atoms with van der Waals surface area (Å²) in [6, 6.07) is 17.9. The number of aliphatic carboxylic acids is 1. The SMILES string of the molecule is COc1ccc2ccc(CC(=O)O)c(C(=O)c3ccccc3)c2c1. The molecule has 0 saturated heterocycles. The van der Waals surface area contributed by atoms with Gasteiger partial charge in [0.15, 0.2) is 5.78 Å². The molecular weight excluding hydrogens is 304 g/mol. The molecule has 120 valence electrons. The van der Waals surface area contributed by atoms with Crippen LogP contribution in [0.15, 0.2) is 60.7 Å². The van der Waals surface area contributed by atoms with E-state index >= 15 is 0 Å². The fourth-order valence-corrected chi connectivity index (χ4v) is 2.78. The summed E-state index contributed by atoms with van der Waals surface area (Å²) in [6.45, 7) is 0. The van der Waals surface area contributed by atoms with Gasteiger partial charge in [0.05, 0.1) is 13.5 Å². The Balaban J connectivity index is 2.27. The van der Waals surface area contributed by atoms with E-state index in [2.05, 4.69) is 0 Å². The summed E-state index contributed by atoms with van der Waals surface area (Å²) in [6.07, 6.45) is -0.207. The average molecular weight is 320 g/mol. The lowest BCUT2D eigenvalue weighted by Crippen LogP contribution is -2.10. The molecule has 3 rings (SSSR count). The minimum atomic E-state index is -0.973. The number of carbonyl (C=O) groups excluding carboxylic acids is 1. The highest BCUT2D eigenvalue weighted by molar-refractivity contribution is 6.18. The molecule has 4 nitrogen and oxygen atoms in total. The van der Waals surface area contributed by atoms with Gasteiger partial charge in [-0.05, 0) is 28.5 Å². The molecule has 0 radical (unpaired) electrons. The van der Waals surface area contributed by atoms with Crippen molar-refractivity contribution < 1.29 is 19.4 Å². The van der Waals surface area contributed by atoms with Crippen LogP contribution < -0.4 is 4.74 Å². The van der Waals surface area contributed by atoms with Crippen molar-refractivity contribution in [2.24, 2.45) is 0 Å². The highest BCUT2D eigenvalue weighted by Crippen LogP contribution is 2.29. The summed E-state index contributed by atoms with van der Waals surface area (Å²) in [4.78, 5) is 24.2. The van der Waals surface area contributed by atoms with Crippen molar-refractivity contribution in [1.82, 2.24) is 0 Å². The number of rotatable bonds is 5. The summed E-state index contributed by atoms with van der Waals surface area (Å²) >= 11 is 0. The minimum Gasteiger partial charge on any atom is -0.497 e. The minimum absolute atomic E-state index is 0.189. The van der Waals surface area contributed by atoms with Crippen molar-refractivity contribution >= 4 is 22.5 Å².